The molecule has 4 heterocycles. The van der Waals surface area contributed by atoms with Crippen molar-refractivity contribution in [2.24, 2.45) is 0 Å². The molecule has 0 fully saturated rings. The zero-order valence-electron chi connectivity index (χ0n) is 36.7. The molecule has 0 bridgehead atoms. The van der Waals surface area contributed by atoms with E-state index in [1.807, 2.05) is 0 Å². The number of allylic oxidation sites excluding steroid dienone is 8. The third kappa shape index (κ3) is 6.43. The van der Waals surface area contributed by atoms with Crippen LogP contribution in [0.5, 0.6) is 23.0 Å². The minimum absolute atomic E-state index is 0.182. The Morgan fingerprint density at radius 3 is 1.01 bits per heavy atom. The predicted octanol–water partition coefficient (Wildman–Crippen LogP) is 17.0. The van der Waals surface area contributed by atoms with Gasteiger partial charge in [0.15, 0.2) is 0 Å². The van der Waals surface area contributed by atoms with Gasteiger partial charge >= 0.3 is 0 Å². The fourth-order valence-electron chi connectivity index (χ4n) is 10.9. The SMILES string of the molecule is C1=CC2c3ccccc3P(Oc3cccc(Op4c5ccccc5c5ccccc54)c3-c3c(OP4c5ccccc5C5C=CC=CC54)cccc3Op3c4ccccc4c4ccccc43)C2C=C1. The van der Waals surface area contributed by atoms with Crippen LogP contribution in [0.3, 0.4) is 0 Å². The molecule has 2 aliphatic heterocycles. The van der Waals surface area contributed by atoms with Crippen LogP contribution in [0, 0.1) is 0 Å². The van der Waals surface area contributed by atoms with Gasteiger partial charge in [-0.1, -0.05) is 182 Å². The van der Waals surface area contributed by atoms with Crippen LogP contribution >= 0.6 is 31.8 Å². The summed E-state index contributed by atoms with van der Waals surface area (Å²) >= 11 is 0. The van der Waals surface area contributed by atoms with E-state index in [0.29, 0.717) is 0 Å². The average Bonchev–Trinajstić information content (AvgIpc) is 4.10. The summed E-state index contributed by atoms with van der Waals surface area (Å²) in [5.74, 6) is 3.46. The summed E-state index contributed by atoms with van der Waals surface area (Å²) < 4.78 is 30.7. The molecule has 14 rings (SSSR count). The maximum Gasteiger partial charge on any atom is 0.142 e. The summed E-state index contributed by atoms with van der Waals surface area (Å²) in [5, 5.41) is 12.2. The molecule has 6 atom stereocenters. The lowest BCUT2D eigenvalue weighted by Gasteiger charge is -2.28. The van der Waals surface area contributed by atoms with Crippen LogP contribution < -0.4 is 28.7 Å². The molecule has 4 nitrogen and oxygen atoms in total. The number of benzene rings is 8. The molecule has 0 radical (unpaired) electrons. The van der Waals surface area contributed by atoms with Gasteiger partial charge in [0.05, 0.1) is 26.6 Å². The molecule has 0 saturated carbocycles. The number of hydrogen-bond acceptors (Lipinski definition) is 4. The largest absolute Gasteiger partial charge is 0.468 e. The van der Waals surface area contributed by atoms with Crippen molar-refractivity contribution in [1.82, 2.24) is 0 Å². The van der Waals surface area contributed by atoms with Crippen LogP contribution in [0.25, 0.3) is 53.1 Å². The second kappa shape index (κ2) is 16.6. The van der Waals surface area contributed by atoms with E-state index in [1.54, 1.807) is 0 Å². The van der Waals surface area contributed by atoms with Gasteiger partial charge < -0.3 is 18.1 Å². The van der Waals surface area contributed by atoms with E-state index in [4.69, 9.17) is 18.1 Å². The zero-order valence-corrected chi connectivity index (χ0v) is 40.2. The standard InChI is InChI=1S/C60H42O4P4/c1-9-31-51-39(19-1)40-20-2-10-32-52(40)65(51)61-47-27-17-28-48(62-66-53-33-11-3-21-41(53)42-22-4-12-34-54(42)66)59(47)60-49(63-67-55-35-13-5-23-43(55)44-24-6-14-36-56(44)67)29-18-30-50(60)64-68-57-37-15-7-25-45(57)46-26-8-16-38-58(46)68/h1-39,43,51,55H. The highest BCUT2D eigenvalue weighted by Gasteiger charge is 2.43. The number of rotatable bonds is 9. The number of fused-ring (bicyclic) bond motifs is 12. The summed E-state index contributed by atoms with van der Waals surface area (Å²) in [4.78, 5) is 0. The normalized spacial score (nSPS) is 20.7. The maximum atomic E-state index is 7.69. The van der Waals surface area contributed by atoms with E-state index in [2.05, 4.69) is 231 Å². The highest BCUT2D eigenvalue weighted by Crippen LogP contribution is 2.64. The van der Waals surface area contributed by atoms with Crippen LogP contribution in [0.15, 0.2) is 231 Å². The fourth-order valence-corrected chi connectivity index (χ4v) is 19.9. The van der Waals surface area contributed by atoms with Crippen molar-refractivity contribution in [1.29, 1.82) is 0 Å². The second-order valence-corrected chi connectivity index (χ2v) is 24.9. The smallest absolute Gasteiger partial charge is 0.142 e. The average molecular weight is 951 g/mol. The zero-order chi connectivity index (χ0) is 44.7. The minimum atomic E-state index is -1.26. The van der Waals surface area contributed by atoms with Crippen molar-refractivity contribution in [3.63, 3.8) is 0 Å². The van der Waals surface area contributed by atoms with E-state index in [0.717, 1.165) is 34.1 Å². The van der Waals surface area contributed by atoms with E-state index < -0.39 is 31.8 Å². The number of hydrogen-bond donors (Lipinski definition) is 0. The third-order valence-corrected chi connectivity index (χ3v) is 22.6. The van der Waals surface area contributed by atoms with E-state index >= 15 is 0 Å². The molecule has 8 heteroatoms. The Balaban J connectivity index is 1.02. The first-order valence-electron chi connectivity index (χ1n) is 23.2. The molecule has 0 spiro atoms. The van der Waals surface area contributed by atoms with Crippen LogP contribution in [0.2, 0.25) is 0 Å². The van der Waals surface area contributed by atoms with Crippen LogP contribution in [-0.4, -0.2) is 11.3 Å². The molecule has 0 saturated heterocycles. The highest BCUT2D eigenvalue weighted by molar-refractivity contribution is 7.63. The molecule has 8 aromatic carbocycles. The molecule has 4 aliphatic rings. The Kier molecular flexibility index (Phi) is 9.85. The molecule has 68 heavy (non-hydrogen) atoms. The maximum absolute atomic E-state index is 7.69. The fraction of sp³-hybridized carbons (Fsp3) is 0.0667. The van der Waals surface area contributed by atoms with Gasteiger partial charge in [0.25, 0.3) is 0 Å². The van der Waals surface area contributed by atoms with Crippen LogP contribution in [0.1, 0.15) is 23.0 Å². The molecular weight excluding hydrogens is 909 g/mol. The second-order valence-electron chi connectivity index (χ2n) is 17.6. The van der Waals surface area contributed by atoms with Gasteiger partial charge in [-0.2, -0.15) is 0 Å². The molecule has 2 aliphatic carbocycles. The topological polar surface area (TPSA) is 36.9 Å². The summed E-state index contributed by atoms with van der Waals surface area (Å²) in [6.07, 6.45) is 18.1. The van der Waals surface area contributed by atoms with Gasteiger partial charge in [-0.25, -0.2) is 0 Å². The highest BCUT2D eigenvalue weighted by atomic mass is 31.1. The third-order valence-electron chi connectivity index (χ3n) is 13.9. The summed E-state index contributed by atoms with van der Waals surface area (Å²) in [5.41, 5.74) is 4.72. The Bertz CT molecular complexity index is 3430. The molecule has 326 valence electrons. The van der Waals surface area contributed by atoms with Gasteiger partial charge in [0.1, 0.15) is 39.3 Å². The van der Waals surface area contributed by atoms with Gasteiger partial charge in [-0.05, 0) is 81.2 Å². The first kappa shape index (κ1) is 40.4. The first-order valence-corrected chi connectivity index (χ1v) is 28.4. The monoisotopic (exact) mass is 950 g/mol. The van der Waals surface area contributed by atoms with Crippen molar-refractivity contribution in [2.45, 2.75) is 23.2 Å². The lowest BCUT2D eigenvalue weighted by atomic mass is 9.93. The van der Waals surface area contributed by atoms with Gasteiger partial charge in [-0.15, -0.1) is 0 Å². The Morgan fingerprint density at radius 2 is 0.618 bits per heavy atom. The van der Waals surface area contributed by atoms with Gasteiger partial charge in [-0.3, -0.25) is 0 Å². The van der Waals surface area contributed by atoms with Crippen molar-refractivity contribution < 1.29 is 18.1 Å². The molecule has 6 unspecified atom stereocenters. The van der Waals surface area contributed by atoms with E-state index in [-0.39, 0.29) is 23.2 Å². The van der Waals surface area contributed by atoms with Crippen molar-refractivity contribution in [3.8, 4) is 34.1 Å². The predicted molar refractivity (Wildman–Crippen MR) is 289 cm³/mol. The van der Waals surface area contributed by atoms with Crippen LogP contribution in [0.4, 0.5) is 0 Å². The van der Waals surface area contributed by atoms with Gasteiger partial charge in [0, 0.05) is 54.2 Å². The molecule has 10 aromatic rings. The summed E-state index contributed by atoms with van der Waals surface area (Å²) in [7, 11) is -4.83. The van der Waals surface area contributed by atoms with E-state index in [9.17, 15) is 0 Å². The van der Waals surface area contributed by atoms with E-state index in [1.165, 1.54) is 63.8 Å². The Morgan fingerprint density at radius 1 is 0.294 bits per heavy atom. The van der Waals surface area contributed by atoms with Crippen molar-refractivity contribution in [2.75, 3.05) is 0 Å². The van der Waals surface area contributed by atoms with Crippen molar-refractivity contribution >= 4 is 84.4 Å². The van der Waals surface area contributed by atoms with Crippen LogP contribution in [-0.2, 0) is 0 Å². The lowest BCUT2D eigenvalue weighted by Crippen LogP contribution is -2.12. The molecule has 2 aromatic heterocycles. The molecule has 0 amide bonds. The molecule has 0 N–H and O–H groups in total. The quantitative estimate of drug-likeness (QED) is 0.135. The summed E-state index contributed by atoms with van der Waals surface area (Å²) in [6.45, 7) is 0. The first-order chi connectivity index (χ1) is 33.8. The Hall–Kier alpha value is -6.62. The Labute approximate surface area is 399 Å². The lowest BCUT2D eigenvalue weighted by molar-refractivity contribution is 0.582. The molecular formula is C60H42O4P4. The van der Waals surface area contributed by atoms with Crippen molar-refractivity contribution in [3.05, 3.63) is 242 Å². The minimum Gasteiger partial charge on any atom is -0.468 e. The van der Waals surface area contributed by atoms with Gasteiger partial charge in [0.2, 0.25) is 0 Å². The summed E-state index contributed by atoms with van der Waals surface area (Å²) in [6, 6.07) is 65.3.